The molecular weight excluding hydrogens is 340 g/mol. The fraction of sp³-hybridized carbons (Fsp3) is 0.636. The van der Waals surface area contributed by atoms with E-state index in [1.807, 2.05) is 11.0 Å². The number of likely N-dealkylation sites (tertiary alicyclic amines) is 2. The van der Waals surface area contributed by atoms with Crippen LogP contribution in [-0.4, -0.2) is 59.0 Å². The average Bonchev–Trinajstić information content (AvgIpc) is 3.46. The Morgan fingerprint density at radius 1 is 1.11 bits per heavy atom. The molecule has 27 heavy (non-hydrogen) atoms. The first-order chi connectivity index (χ1) is 13.1. The summed E-state index contributed by atoms with van der Waals surface area (Å²) in [4.78, 5) is 28.3. The van der Waals surface area contributed by atoms with Crippen molar-refractivity contribution in [2.45, 2.75) is 51.0 Å². The van der Waals surface area contributed by atoms with Crippen molar-refractivity contribution in [1.82, 2.24) is 9.80 Å². The summed E-state index contributed by atoms with van der Waals surface area (Å²) in [5, 5.41) is 9.73. The molecule has 1 aliphatic carbocycles. The number of piperidine rings is 1. The van der Waals surface area contributed by atoms with Gasteiger partial charge in [-0.05, 0) is 62.5 Å². The third-order valence-corrected chi connectivity index (χ3v) is 6.71. The van der Waals surface area contributed by atoms with Crippen LogP contribution < -0.4 is 0 Å². The Labute approximate surface area is 161 Å². The van der Waals surface area contributed by atoms with Crippen LogP contribution in [0.25, 0.3) is 0 Å². The van der Waals surface area contributed by atoms with E-state index in [9.17, 15) is 14.7 Å². The van der Waals surface area contributed by atoms with E-state index in [2.05, 4.69) is 29.2 Å². The summed E-state index contributed by atoms with van der Waals surface area (Å²) >= 11 is 0. The van der Waals surface area contributed by atoms with E-state index >= 15 is 0 Å². The molecule has 3 fully saturated rings. The summed E-state index contributed by atoms with van der Waals surface area (Å²) < 4.78 is 0. The lowest BCUT2D eigenvalue weighted by Crippen LogP contribution is -2.44. The number of amides is 1. The quantitative estimate of drug-likeness (QED) is 0.836. The molecule has 1 aromatic rings. The van der Waals surface area contributed by atoms with Crippen LogP contribution in [0.2, 0.25) is 0 Å². The minimum Gasteiger partial charge on any atom is -0.480 e. The number of carbonyl (C=O) groups is 2. The van der Waals surface area contributed by atoms with Gasteiger partial charge < -0.3 is 10.0 Å². The number of aliphatic carboxylic acids is 1. The predicted octanol–water partition coefficient (Wildman–Crippen LogP) is 2.80. The Morgan fingerprint density at radius 2 is 1.81 bits per heavy atom. The summed E-state index contributed by atoms with van der Waals surface area (Å²) in [6, 6.07) is 10.0. The van der Waals surface area contributed by atoms with Gasteiger partial charge in [0, 0.05) is 25.6 Å². The van der Waals surface area contributed by atoms with Crippen LogP contribution >= 0.6 is 0 Å². The van der Waals surface area contributed by atoms with E-state index < -0.39 is 5.97 Å². The zero-order valence-electron chi connectivity index (χ0n) is 16.0. The molecule has 1 saturated carbocycles. The summed E-state index contributed by atoms with van der Waals surface area (Å²) in [6.45, 7) is 3.31. The van der Waals surface area contributed by atoms with Gasteiger partial charge in [0.1, 0.15) is 6.04 Å². The Kier molecular flexibility index (Phi) is 5.22. The van der Waals surface area contributed by atoms with Crippen molar-refractivity contribution in [2.75, 3.05) is 26.2 Å². The van der Waals surface area contributed by atoms with Crippen LogP contribution in [0.5, 0.6) is 0 Å². The third kappa shape index (κ3) is 4.18. The van der Waals surface area contributed by atoms with Crippen LogP contribution in [0, 0.1) is 11.3 Å². The second-order valence-electron chi connectivity index (χ2n) is 8.72. The number of benzene rings is 1. The fourth-order valence-corrected chi connectivity index (χ4v) is 4.91. The lowest BCUT2D eigenvalue weighted by molar-refractivity contribution is -0.142. The fourth-order valence-electron chi connectivity index (χ4n) is 4.91. The predicted molar refractivity (Wildman–Crippen MR) is 103 cm³/mol. The largest absolute Gasteiger partial charge is 0.480 e. The molecule has 0 bridgehead atoms. The van der Waals surface area contributed by atoms with Gasteiger partial charge in [-0.25, -0.2) is 0 Å². The second kappa shape index (κ2) is 7.63. The number of aryl methyl sites for hydroxylation is 1. The van der Waals surface area contributed by atoms with Crippen LogP contribution in [0.4, 0.5) is 0 Å². The van der Waals surface area contributed by atoms with Gasteiger partial charge in [0.15, 0.2) is 0 Å². The zero-order chi connectivity index (χ0) is 18.9. The van der Waals surface area contributed by atoms with Crippen molar-refractivity contribution in [3.05, 3.63) is 35.9 Å². The van der Waals surface area contributed by atoms with Crippen molar-refractivity contribution >= 4 is 11.9 Å². The normalized spacial score (nSPS) is 25.0. The summed E-state index contributed by atoms with van der Waals surface area (Å²) in [5.74, 6) is -0.0793. The molecule has 2 saturated heterocycles. The highest BCUT2D eigenvalue weighted by Crippen LogP contribution is 2.44. The molecule has 5 nitrogen and oxygen atoms in total. The topological polar surface area (TPSA) is 60.9 Å². The minimum atomic E-state index is -0.692. The first-order valence-corrected chi connectivity index (χ1v) is 10.4. The van der Waals surface area contributed by atoms with Crippen LogP contribution in [-0.2, 0) is 16.0 Å². The van der Waals surface area contributed by atoms with E-state index in [0.29, 0.717) is 5.91 Å². The number of carbonyl (C=O) groups excluding carboxylic acids is 1. The SMILES string of the molecule is O=C(O)C1CC2(CCN(C(=O)C3CC3)CC2)CN1CCCc1ccccc1. The molecule has 146 valence electrons. The van der Waals surface area contributed by atoms with E-state index in [1.165, 1.54) is 5.56 Å². The average molecular weight is 370 g/mol. The molecule has 3 aliphatic rings. The monoisotopic (exact) mass is 370 g/mol. The molecule has 0 radical (unpaired) electrons. The maximum atomic E-state index is 12.3. The maximum Gasteiger partial charge on any atom is 0.320 e. The molecule has 1 atom stereocenters. The number of hydrogen-bond donors (Lipinski definition) is 1. The highest BCUT2D eigenvalue weighted by molar-refractivity contribution is 5.81. The maximum absolute atomic E-state index is 12.3. The van der Waals surface area contributed by atoms with Gasteiger partial charge in [-0.15, -0.1) is 0 Å². The van der Waals surface area contributed by atoms with E-state index in [1.54, 1.807) is 0 Å². The first kappa shape index (κ1) is 18.5. The van der Waals surface area contributed by atoms with Gasteiger partial charge in [-0.3, -0.25) is 14.5 Å². The molecule has 0 aromatic heterocycles. The van der Waals surface area contributed by atoms with Crippen LogP contribution in [0.3, 0.4) is 0 Å². The van der Waals surface area contributed by atoms with E-state index in [-0.39, 0.29) is 17.4 Å². The Morgan fingerprint density at radius 3 is 2.44 bits per heavy atom. The Bertz CT molecular complexity index is 678. The van der Waals surface area contributed by atoms with Crippen molar-refractivity contribution in [2.24, 2.45) is 11.3 Å². The third-order valence-electron chi connectivity index (χ3n) is 6.71. The van der Waals surface area contributed by atoms with E-state index in [0.717, 1.165) is 71.1 Å². The minimum absolute atomic E-state index is 0.0795. The summed E-state index contributed by atoms with van der Waals surface area (Å²) in [6.07, 6.45) is 6.71. The van der Waals surface area contributed by atoms with Gasteiger partial charge in [-0.2, -0.15) is 0 Å². The number of carboxylic acids is 1. The second-order valence-corrected chi connectivity index (χ2v) is 8.72. The van der Waals surface area contributed by atoms with Gasteiger partial charge in [0.05, 0.1) is 0 Å². The molecule has 5 heteroatoms. The number of hydrogen-bond acceptors (Lipinski definition) is 3. The summed E-state index contributed by atoms with van der Waals surface area (Å²) in [7, 11) is 0. The van der Waals surface area contributed by atoms with Crippen LogP contribution in [0.15, 0.2) is 30.3 Å². The van der Waals surface area contributed by atoms with Gasteiger partial charge in [-0.1, -0.05) is 30.3 Å². The van der Waals surface area contributed by atoms with Crippen molar-refractivity contribution < 1.29 is 14.7 Å². The molecule has 1 amide bonds. The van der Waals surface area contributed by atoms with Crippen molar-refractivity contribution in [3.8, 4) is 0 Å². The van der Waals surface area contributed by atoms with Crippen molar-refractivity contribution in [3.63, 3.8) is 0 Å². The zero-order valence-corrected chi connectivity index (χ0v) is 16.0. The van der Waals surface area contributed by atoms with E-state index in [4.69, 9.17) is 0 Å². The number of carboxylic acid groups (broad SMARTS) is 1. The van der Waals surface area contributed by atoms with Crippen LogP contribution in [0.1, 0.15) is 44.1 Å². The highest BCUT2D eigenvalue weighted by Gasteiger charge is 2.48. The smallest absolute Gasteiger partial charge is 0.320 e. The number of nitrogens with zero attached hydrogens (tertiary/aromatic N) is 2. The Hall–Kier alpha value is -1.88. The van der Waals surface area contributed by atoms with Gasteiger partial charge in [0.2, 0.25) is 5.91 Å². The van der Waals surface area contributed by atoms with Gasteiger partial charge in [0.25, 0.3) is 0 Å². The lowest BCUT2D eigenvalue weighted by Gasteiger charge is -2.39. The first-order valence-electron chi connectivity index (χ1n) is 10.4. The molecule has 4 rings (SSSR count). The molecule has 1 unspecified atom stereocenters. The molecule has 1 spiro atoms. The standard InChI is InChI=1S/C22H30N2O3/c25-20(18-8-9-18)23-13-10-22(11-14-23)15-19(21(26)27)24(16-22)12-4-7-17-5-2-1-3-6-17/h1-3,5-6,18-19H,4,7-16H2,(H,26,27). The molecular formula is C22H30N2O3. The highest BCUT2D eigenvalue weighted by atomic mass is 16.4. The molecule has 1 N–H and O–H groups in total. The molecule has 1 aromatic carbocycles. The molecule has 2 heterocycles. The van der Waals surface area contributed by atoms with Crippen molar-refractivity contribution in [1.29, 1.82) is 0 Å². The Balaban J connectivity index is 1.32. The van der Waals surface area contributed by atoms with Gasteiger partial charge >= 0.3 is 5.97 Å². The number of rotatable bonds is 6. The summed E-state index contributed by atoms with van der Waals surface area (Å²) in [5.41, 5.74) is 1.39. The lowest BCUT2D eigenvalue weighted by atomic mass is 9.76. The molecule has 2 aliphatic heterocycles.